The summed E-state index contributed by atoms with van der Waals surface area (Å²) >= 11 is 2.22. The van der Waals surface area contributed by atoms with Gasteiger partial charge in [-0.2, -0.15) is 9.36 Å². The predicted octanol–water partition coefficient (Wildman–Crippen LogP) is -1.35. The summed E-state index contributed by atoms with van der Waals surface area (Å²) < 4.78 is 7.35. The van der Waals surface area contributed by atoms with Crippen LogP contribution in [-0.2, 0) is 25.8 Å². The Balaban J connectivity index is 1.21. The topological polar surface area (TPSA) is 210 Å². The van der Waals surface area contributed by atoms with E-state index >= 15 is 0 Å². The Hall–Kier alpha value is -4.25. The number of nitrogens with one attached hydrogen (secondary N) is 1. The van der Waals surface area contributed by atoms with Crippen LogP contribution in [0.1, 0.15) is 32.5 Å². The van der Waals surface area contributed by atoms with Crippen LogP contribution in [0.3, 0.4) is 0 Å². The SMILES string of the molecule is CC1(C)CC(O/N=C(\C(=O)N[C@@H]2C(=O)N3C(C(=O)[O-])=C(C[n+]4cc(N)n5ncccc54)CS[C@H]23)c2nsc(N)n2)C1. The molecular formula is C24H26N10O5S2. The van der Waals surface area contributed by atoms with Crippen molar-refractivity contribution in [3.63, 3.8) is 0 Å². The molecule has 2 amide bonds. The third-order valence-electron chi connectivity index (χ3n) is 7.17. The fraction of sp³-hybridized carbons (Fsp3) is 0.417. The summed E-state index contributed by atoms with van der Waals surface area (Å²) in [6.07, 6.45) is 4.62. The lowest BCUT2D eigenvalue weighted by molar-refractivity contribution is -0.662. The van der Waals surface area contributed by atoms with E-state index in [1.54, 1.807) is 29.1 Å². The van der Waals surface area contributed by atoms with Gasteiger partial charge in [-0.3, -0.25) is 14.5 Å². The third-order valence-corrected chi connectivity index (χ3v) is 9.05. The number of nitrogen functional groups attached to an aromatic ring is 2. The van der Waals surface area contributed by atoms with Crippen LogP contribution in [0.5, 0.6) is 0 Å². The summed E-state index contributed by atoms with van der Waals surface area (Å²) in [5, 5.41) is 22.6. The average molecular weight is 599 g/mol. The molecule has 17 heteroatoms. The van der Waals surface area contributed by atoms with E-state index in [-0.39, 0.29) is 46.2 Å². The Labute approximate surface area is 241 Å². The predicted molar refractivity (Wildman–Crippen MR) is 146 cm³/mol. The molecule has 2 fully saturated rings. The van der Waals surface area contributed by atoms with Crippen molar-refractivity contribution >= 4 is 63.4 Å². The molecule has 5 N–H and O–H groups in total. The molecule has 3 aliphatic rings. The molecule has 6 rings (SSSR count). The lowest BCUT2D eigenvalue weighted by Crippen LogP contribution is -2.71. The number of carboxylic acids is 1. The van der Waals surface area contributed by atoms with Gasteiger partial charge in [0.05, 0.1) is 17.9 Å². The molecule has 41 heavy (non-hydrogen) atoms. The van der Waals surface area contributed by atoms with Gasteiger partial charge in [0.1, 0.15) is 24.1 Å². The van der Waals surface area contributed by atoms with Gasteiger partial charge in [0, 0.05) is 28.9 Å². The number of anilines is 2. The summed E-state index contributed by atoms with van der Waals surface area (Å²) in [7, 11) is 0. The molecule has 1 saturated heterocycles. The summed E-state index contributed by atoms with van der Waals surface area (Å²) in [5.74, 6) is -2.18. The molecule has 0 aromatic carbocycles. The van der Waals surface area contributed by atoms with Crippen molar-refractivity contribution < 1.29 is 28.9 Å². The Bertz CT molecular complexity index is 1640. The van der Waals surface area contributed by atoms with E-state index in [2.05, 4.69) is 38.8 Å². The van der Waals surface area contributed by atoms with Gasteiger partial charge in [-0.15, -0.1) is 11.8 Å². The second-order valence-corrected chi connectivity index (χ2v) is 12.7. The molecule has 15 nitrogen and oxygen atoms in total. The number of carbonyl (C=O) groups is 3. The lowest BCUT2D eigenvalue weighted by Gasteiger charge is -2.50. The number of oxime groups is 1. The van der Waals surface area contributed by atoms with Crippen LogP contribution in [0.15, 0.2) is 41.0 Å². The maximum Gasteiger partial charge on any atom is 0.309 e. The molecule has 0 spiro atoms. The first-order chi connectivity index (χ1) is 19.5. The highest BCUT2D eigenvalue weighted by Crippen LogP contribution is 2.42. The van der Waals surface area contributed by atoms with Crippen LogP contribution in [0.4, 0.5) is 10.9 Å². The summed E-state index contributed by atoms with van der Waals surface area (Å²) in [6.45, 7) is 4.37. The van der Waals surface area contributed by atoms with E-state index in [4.69, 9.17) is 16.3 Å². The monoisotopic (exact) mass is 598 g/mol. The number of hydrogen-bond acceptors (Lipinski definition) is 13. The van der Waals surface area contributed by atoms with Crippen molar-refractivity contribution in [2.75, 3.05) is 17.2 Å². The van der Waals surface area contributed by atoms with Gasteiger partial charge < -0.3 is 31.5 Å². The molecule has 5 heterocycles. The second kappa shape index (κ2) is 9.99. The van der Waals surface area contributed by atoms with E-state index in [1.165, 1.54) is 16.3 Å². The number of β-lactam (4-membered cyclic amide) rings is 1. The number of thioether (sulfide) groups is 1. The quantitative estimate of drug-likeness (QED) is 0.119. The number of nitrogens with two attached hydrogens (primary N) is 2. The number of imidazole rings is 1. The Morgan fingerprint density at radius 1 is 1.34 bits per heavy atom. The molecule has 3 aromatic rings. The van der Waals surface area contributed by atoms with Gasteiger partial charge in [0.2, 0.25) is 11.5 Å². The van der Waals surface area contributed by atoms with E-state index in [0.717, 1.165) is 29.3 Å². The fourth-order valence-electron chi connectivity index (χ4n) is 5.29. The number of aliphatic carboxylic acids is 1. The molecule has 2 atom stereocenters. The zero-order valence-electron chi connectivity index (χ0n) is 22.0. The first-order valence-corrected chi connectivity index (χ1v) is 14.5. The second-order valence-electron chi connectivity index (χ2n) is 10.8. The summed E-state index contributed by atoms with van der Waals surface area (Å²) in [5.41, 5.74) is 12.6. The van der Waals surface area contributed by atoms with E-state index in [9.17, 15) is 19.5 Å². The van der Waals surface area contributed by atoms with Crippen LogP contribution in [-0.4, -0.2) is 70.6 Å². The van der Waals surface area contributed by atoms with E-state index < -0.39 is 29.2 Å². The standard InChI is InChI=1S/C24H26N10O5S2/c1-24(2)6-12(7-24)39-30-15(18-29-23(26)41-31-18)19(35)28-16-20(36)33-17(22(37)38)11(10-40-21(16)33)8-32-9-13(25)34-14(32)4-3-5-27-34/h3-5,9,12,16,21H,6-8,10H2,1-2H3,(H5-,25,26,27,28,29,31,35,37,38)/b30-15-/t16-,21-/m1/s1. The van der Waals surface area contributed by atoms with Crippen molar-refractivity contribution in [2.24, 2.45) is 10.6 Å². The number of fused-ring (bicyclic) bond motifs is 2. The van der Waals surface area contributed by atoms with Gasteiger partial charge in [0.25, 0.3) is 17.6 Å². The van der Waals surface area contributed by atoms with Crippen molar-refractivity contribution in [3.05, 3.63) is 41.6 Å². The van der Waals surface area contributed by atoms with Crippen LogP contribution in [0, 0.1) is 5.41 Å². The number of hydrogen-bond donors (Lipinski definition) is 3. The molecule has 214 valence electrons. The first kappa shape index (κ1) is 26.9. The van der Waals surface area contributed by atoms with Crippen LogP contribution in [0.2, 0.25) is 0 Å². The smallest absolute Gasteiger partial charge is 0.309 e. The highest BCUT2D eigenvalue weighted by molar-refractivity contribution is 8.00. The van der Waals surface area contributed by atoms with Crippen molar-refractivity contribution in [1.82, 2.24) is 29.2 Å². The van der Waals surface area contributed by atoms with Gasteiger partial charge in [-0.05, 0) is 24.3 Å². The maximum absolute atomic E-state index is 13.3. The molecule has 0 unspecified atom stereocenters. The Morgan fingerprint density at radius 3 is 2.80 bits per heavy atom. The van der Waals surface area contributed by atoms with E-state index in [0.29, 0.717) is 17.0 Å². The summed E-state index contributed by atoms with van der Waals surface area (Å²) in [4.78, 5) is 49.5. The molecule has 1 saturated carbocycles. The van der Waals surface area contributed by atoms with Gasteiger partial charge in [0.15, 0.2) is 11.3 Å². The van der Waals surface area contributed by atoms with Crippen molar-refractivity contribution in [1.29, 1.82) is 0 Å². The Morgan fingerprint density at radius 2 is 2.12 bits per heavy atom. The minimum absolute atomic E-state index is 0.0216. The van der Waals surface area contributed by atoms with E-state index in [1.807, 2.05) is 0 Å². The number of nitrogens with zero attached hydrogens (tertiary/aromatic N) is 7. The Kier molecular flexibility index (Phi) is 6.56. The number of rotatable bonds is 8. The molecule has 0 radical (unpaired) electrons. The number of carbonyl (C=O) groups excluding carboxylic acids is 3. The number of carboxylic acid groups (broad SMARTS) is 1. The van der Waals surface area contributed by atoms with Gasteiger partial charge in [-0.1, -0.05) is 28.6 Å². The highest BCUT2D eigenvalue weighted by atomic mass is 32.2. The zero-order chi connectivity index (χ0) is 29.1. The molecule has 1 aliphatic carbocycles. The van der Waals surface area contributed by atoms with Crippen molar-refractivity contribution in [2.45, 2.75) is 50.8 Å². The zero-order valence-corrected chi connectivity index (χ0v) is 23.6. The first-order valence-electron chi connectivity index (χ1n) is 12.7. The number of aromatic nitrogens is 5. The lowest BCUT2D eigenvalue weighted by atomic mass is 9.70. The van der Waals surface area contributed by atoms with Crippen LogP contribution < -0.4 is 26.5 Å². The normalized spacial score (nSPS) is 22.2. The molecule has 3 aromatic heterocycles. The summed E-state index contributed by atoms with van der Waals surface area (Å²) in [6, 6.07) is 2.53. The minimum Gasteiger partial charge on any atom is -0.543 e. The highest BCUT2D eigenvalue weighted by Gasteiger charge is 2.53. The van der Waals surface area contributed by atoms with Gasteiger partial charge >= 0.3 is 5.65 Å². The molecular weight excluding hydrogens is 572 g/mol. The maximum atomic E-state index is 13.3. The molecule has 0 bridgehead atoms. The van der Waals surface area contributed by atoms with Crippen LogP contribution in [0.25, 0.3) is 5.65 Å². The fourth-order valence-corrected chi connectivity index (χ4v) is 7.06. The van der Waals surface area contributed by atoms with Gasteiger partial charge in [-0.25, -0.2) is 4.57 Å². The number of amides is 2. The van der Waals surface area contributed by atoms with Crippen molar-refractivity contribution in [3.8, 4) is 0 Å². The van der Waals surface area contributed by atoms with Crippen LogP contribution >= 0.6 is 23.3 Å². The third kappa shape index (κ3) is 4.84. The average Bonchev–Trinajstić information content (AvgIpc) is 3.48. The molecule has 2 aliphatic heterocycles. The minimum atomic E-state index is -1.49. The largest absolute Gasteiger partial charge is 0.543 e.